The van der Waals surface area contributed by atoms with Crippen LogP contribution in [-0.2, 0) is 33.7 Å². The molecule has 0 spiro atoms. The van der Waals surface area contributed by atoms with Gasteiger partial charge >= 0.3 is 11.9 Å². The highest BCUT2D eigenvalue weighted by atomic mass is 16.5. The van der Waals surface area contributed by atoms with E-state index in [0.29, 0.717) is 18.6 Å². The lowest BCUT2D eigenvalue weighted by Gasteiger charge is -2.09. The molecular weight excluding hydrogens is 304 g/mol. The molecule has 0 amide bonds. The van der Waals surface area contributed by atoms with Crippen LogP contribution in [0.2, 0.25) is 0 Å². The van der Waals surface area contributed by atoms with E-state index in [-0.39, 0.29) is 17.9 Å². The van der Waals surface area contributed by atoms with Crippen LogP contribution in [0.5, 0.6) is 0 Å². The summed E-state index contributed by atoms with van der Waals surface area (Å²) in [6.45, 7) is 0.311. The van der Waals surface area contributed by atoms with E-state index < -0.39 is 0 Å². The molecule has 2 aromatic rings. The van der Waals surface area contributed by atoms with Gasteiger partial charge < -0.3 is 9.47 Å². The molecule has 2 aromatic carbocycles. The summed E-state index contributed by atoms with van der Waals surface area (Å²) in [6.07, 6.45) is 2.03. The molecule has 1 aliphatic carbocycles. The Hall–Kier alpha value is -2.62. The number of hydrogen-bond donors (Lipinski definition) is 0. The molecule has 3 rings (SSSR count). The maximum atomic E-state index is 12.0. The summed E-state index contributed by atoms with van der Waals surface area (Å²) >= 11 is 0. The molecule has 0 N–H and O–H groups in total. The molecule has 1 aliphatic rings. The number of fused-ring (bicyclic) bond motifs is 1. The van der Waals surface area contributed by atoms with Gasteiger partial charge in [-0.2, -0.15) is 0 Å². The van der Waals surface area contributed by atoms with Crippen molar-refractivity contribution in [2.45, 2.75) is 25.9 Å². The van der Waals surface area contributed by atoms with E-state index in [1.54, 1.807) is 6.07 Å². The first-order valence-electron chi connectivity index (χ1n) is 8.05. The maximum Gasteiger partial charge on any atom is 0.337 e. The molecule has 0 heterocycles. The van der Waals surface area contributed by atoms with Crippen molar-refractivity contribution in [3.8, 4) is 0 Å². The third kappa shape index (κ3) is 3.82. The van der Waals surface area contributed by atoms with Crippen LogP contribution in [0.3, 0.4) is 0 Å². The normalized spacial score (nSPS) is 15.6. The van der Waals surface area contributed by atoms with Gasteiger partial charge in [0.15, 0.2) is 0 Å². The Kier molecular flexibility index (Phi) is 4.94. The summed E-state index contributed by atoms with van der Waals surface area (Å²) in [6, 6.07) is 15.3. The molecule has 24 heavy (non-hydrogen) atoms. The van der Waals surface area contributed by atoms with Gasteiger partial charge in [-0.3, -0.25) is 4.79 Å². The highest BCUT2D eigenvalue weighted by Crippen LogP contribution is 2.30. The molecule has 0 aliphatic heterocycles. The molecule has 0 radical (unpaired) electrons. The quantitative estimate of drug-likeness (QED) is 0.792. The molecule has 0 unspecified atom stereocenters. The van der Waals surface area contributed by atoms with Crippen LogP contribution in [0.15, 0.2) is 48.5 Å². The second kappa shape index (κ2) is 7.30. The lowest BCUT2D eigenvalue weighted by Crippen LogP contribution is -2.11. The first kappa shape index (κ1) is 16.2. The summed E-state index contributed by atoms with van der Waals surface area (Å²) in [5.74, 6) is -0.274. The summed E-state index contributed by atoms with van der Waals surface area (Å²) in [4.78, 5) is 23.6. The Labute approximate surface area is 141 Å². The van der Waals surface area contributed by atoms with Crippen LogP contribution >= 0.6 is 0 Å². The van der Waals surface area contributed by atoms with Crippen LogP contribution in [0.4, 0.5) is 0 Å². The smallest absolute Gasteiger partial charge is 0.337 e. The summed E-state index contributed by atoms with van der Waals surface area (Å²) in [5, 5.41) is 0. The predicted molar refractivity (Wildman–Crippen MR) is 89.5 cm³/mol. The van der Waals surface area contributed by atoms with Crippen LogP contribution in [-0.4, -0.2) is 19.0 Å². The van der Waals surface area contributed by atoms with E-state index in [1.807, 2.05) is 42.5 Å². The van der Waals surface area contributed by atoms with Gasteiger partial charge in [0, 0.05) is 6.42 Å². The van der Waals surface area contributed by atoms with Crippen LogP contribution < -0.4 is 0 Å². The van der Waals surface area contributed by atoms with Crippen molar-refractivity contribution in [3.05, 3.63) is 70.8 Å². The average molecular weight is 324 g/mol. The Morgan fingerprint density at radius 3 is 2.54 bits per heavy atom. The minimum atomic E-state index is -0.330. The SMILES string of the molecule is COC(=O)c1ccc2c(c1)C[C@@H](CC(=O)OCc1ccccc1)C2. The number of ether oxygens (including phenoxy) is 2. The number of benzene rings is 2. The zero-order valence-corrected chi connectivity index (χ0v) is 13.7. The Morgan fingerprint density at radius 1 is 1.04 bits per heavy atom. The van der Waals surface area contributed by atoms with E-state index in [9.17, 15) is 9.59 Å². The van der Waals surface area contributed by atoms with Crippen LogP contribution in [0.25, 0.3) is 0 Å². The van der Waals surface area contributed by atoms with Crippen molar-refractivity contribution in [2.24, 2.45) is 5.92 Å². The van der Waals surface area contributed by atoms with E-state index >= 15 is 0 Å². The van der Waals surface area contributed by atoms with Gasteiger partial charge in [0.25, 0.3) is 0 Å². The second-order valence-corrected chi connectivity index (χ2v) is 6.10. The molecule has 0 fully saturated rings. The largest absolute Gasteiger partial charge is 0.465 e. The number of methoxy groups -OCH3 is 1. The molecule has 0 saturated carbocycles. The average Bonchev–Trinajstić information content (AvgIpc) is 3.01. The molecule has 4 nitrogen and oxygen atoms in total. The fourth-order valence-electron chi connectivity index (χ4n) is 3.13. The van der Waals surface area contributed by atoms with E-state index in [0.717, 1.165) is 24.0 Å². The van der Waals surface area contributed by atoms with Gasteiger partial charge in [-0.1, -0.05) is 36.4 Å². The van der Waals surface area contributed by atoms with E-state index in [1.165, 1.54) is 12.7 Å². The number of rotatable bonds is 5. The predicted octanol–water partition coefficient (Wildman–Crippen LogP) is 3.32. The lowest BCUT2D eigenvalue weighted by molar-refractivity contribution is -0.146. The Morgan fingerprint density at radius 2 is 1.79 bits per heavy atom. The van der Waals surface area contributed by atoms with Crippen molar-refractivity contribution < 1.29 is 19.1 Å². The van der Waals surface area contributed by atoms with Crippen molar-refractivity contribution in [2.75, 3.05) is 7.11 Å². The van der Waals surface area contributed by atoms with Gasteiger partial charge in [-0.15, -0.1) is 0 Å². The van der Waals surface area contributed by atoms with Crippen LogP contribution in [0.1, 0.15) is 33.5 Å². The summed E-state index contributed by atoms with van der Waals surface area (Å²) < 4.78 is 10.1. The molecule has 1 atom stereocenters. The fraction of sp³-hybridized carbons (Fsp3) is 0.300. The van der Waals surface area contributed by atoms with E-state index in [4.69, 9.17) is 9.47 Å². The lowest BCUT2D eigenvalue weighted by atomic mass is 10.0. The van der Waals surface area contributed by atoms with Crippen molar-refractivity contribution in [3.63, 3.8) is 0 Å². The van der Waals surface area contributed by atoms with E-state index in [2.05, 4.69) is 0 Å². The third-order valence-electron chi connectivity index (χ3n) is 4.34. The first-order valence-corrected chi connectivity index (χ1v) is 8.05. The van der Waals surface area contributed by atoms with Crippen molar-refractivity contribution in [1.82, 2.24) is 0 Å². The van der Waals surface area contributed by atoms with Crippen molar-refractivity contribution >= 4 is 11.9 Å². The van der Waals surface area contributed by atoms with Gasteiger partial charge in [-0.05, 0) is 47.6 Å². The number of hydrogen-bond acceptors (Lipinski definition) is 4. The highest BCUT2D eigenvalue weighted by Gasteiger charge is 2.25. The standard InChI is InChI=1S/C20H20O4/c1-23-20(22)17-8-7-16-9-15(10-18(16)12-17)11-19(21)24-13-14-5-3-2-4-6-14/h2-8,12,15H,9-11,13H2,1H3/t15-/m0/s1. The first-order chi connectivity index (χ1) is 11.7. The minimum absolute atomic E-state index is 0.176. The summed E-state index contributed by atoms with van der Waals surface area (Å²) in [5.41, 5.74) is 3.87. The monoisotopic (exact) mass is 324 g/mol. The number of carbonyl (C=O) groups excluding carboxylic acids is 2. The highest BCUT2D eigenvalue weighted by molar-refractivity contribution is 5.89. The third-order valence-corrected chi connectivity index (χ3v) is 4.34. The topological polar surface area (TPSA) is 52.6 Å². The molecule has 0 saturated heterocycles. The zero-order chi connectivity index (χ0) is 16.9. The number of carbonyl (C=O) groups is 2. The number of esters is 2. The van der Waals surface area contributed by atoms with Gasteiger partial charge in [-0.25, -0.2) is 4.79 Å². The fourth-order valence-corrected chi connectivity index (χ4v) is 3.13. The maximum absolute atomic E-state index is 12.0. The van der Waals surface area contributed by atoms with Crippen LogP contribution in [0, 0.1) is 5.92 Å². The Balaban J connectivity index is 1.54. The van der Waals surface area contributed by atoms with Gasteiger partial charge in [0.1, 0.15) is 6.61 Å². The molecule has 4 heteroatoms. The molecule has 0 bridgehead atoms. The zero-order valence-electron chi connectivity index (χ0n) is 13.7. The molecule has 0 aromatic heterocycles. The van der Waals surface area contributed by atoms with Gasteiger partial charge in [0.2, 0.25) is 0 Å². The van der Waals surface area contributed by atoms with Crippen molar-refractivity contribution in [1.29, 1.82) is 0 Å². The minimum Gasteiger partial charge on any atom is -0.465 e. The second-order valence-electron chi connectivity index (χ2n) is 6.10. The molecular formula is C20H20O4. The Bertz CT molecular complexity index is 737. The summed E-state index contributed by atoms with van der Waals surface area (Å²) in [7, 11) is 1.38. The van der Waals surface area contributed by atoms with Gasteiger partial charge in [0.05, 0.1) is 12.7 Å². The molecule has 124 valence electrons.